The van der Waals surface area contributed by atoms with Crippen molar-refractivity contribution in [3.63, 3.8) is 0 Å². The molecule has 0 spiro atoms. The van der Waals surface area contributed by atoms with E-state index in [1.54, 1.807) is 45.0 Å². The summed E-state index contributed by atoms with van der Waals surface area (Å²) < 4.78 is 16.7. The molecule has 0 aromatic heterocycles. The van der Waals surface area contributed by atoms with E-state index in [0.717, 1.165) is 11.1 Å². The fourth-order valence-electron chi connectivity index (χ4n) is 4.27. The predicted molar refractivity (Wildman–Crippen MR) is 167 cm³/mol. The van der Waals surface area contributed by atoms with Gasteiger partial charge in [0.15, 0.2) is 0 Å². The third kappa shape index (κ3) is 11.7. The van der Waals surface area contributed by atoms with Crippen molar-refractivity contribution >= 4 is 23.6 Å². The number of amides is 3. The van der Waals surface area contributed by atoms with Gasteiger partial charge < -0.3 is 30.2 Å². The summed E-state index contributed by atoms with van der Waals surface area (Å²) >= 11 is 0. The van der Waals surface area contributed by atoms with E-state index in [1.165, 1.54) is 7.11 Å². The monoisotopic (exact) mass is 589 g/mol. The van der Waals surface area contributed by atoms with Gasteiger partial charge in [0.25, 0.3) is 0 Å². The average Bonchev–Trinajstić information content (AvgIpc) is 2.95. The van der Waals surface area contributed by atoms with Crippen LogP contribution in [-0.4, -0.2) is 42.7 Å². The van der Waals surface area contributed by atoms with Crippen molar-refractivity contribution in [1.29, 1.82) is 0 Å². The van der Waals surface area contributed by atoms with Gasteiger partial charge in [-0.05, 0) is 68.5 Å². The summed E-state index contributed by atoms with van der Waals surface area (Å²) in [6, 6.07) is 21.7. The molecule has 9 nitrogen and oxygen atoms in total. The zero-order valence-corrected chi connectivity index (χ0v) is 25.8. The van der Waals surface area contributed by atoms with Crippen LogP contribution in [0.1, 0.15) is 52.2 Å². The minimum absolute atomic E-state index is 0.0938. The highest BCUT2D eigenvalue weighted by atomic mass is 16.6. The number of anilines is 1. The largest absolute Gasteiger partial charge is 0.497 e. The van der Waals surface area contributed by atoms with Gasteiger partial charge in [-0.3, -0.25) is 4.79 Å². The van der Waals surface area contributed by atoms with Crippen LogP contribution in [0.25, 0.3) is 0 Å². The van der Waals surface area contributed by atoms with Gasteiger partial charge in [0, 0.05) is 18.2 Å². The van der Waals surface area contributed by atoms with Gasteiger partial charge in [-0.25, -0.2) is 9.59 Å². The molecule has 9 heteroatoms. The van der Waals surface area contributed by atoms with Crippen LogP contribution in [0.15, 0.2) is 78.9 Å². The Labute approximate surface area is 254 Å². The first kappa shape index (κ1) is 33.0. The van der Waals surface area contributed by atoms with E-state index in [0.29, 0.717) is 30.2 Å². The highest BCUT2D eigenvalue weighted by molar-refractivity contribution is 5.95. The summed E-state index contributed by atoms with van der Waals surface area (Å²) in [5.74, 6) is 0.331. The number of urea groups is 1. The predicted octanol–water partition coefficient (Wildman–Crippen LogP) is 5.88. The lowest BCUT2D eigenvalue weighted by Crippen LogP contribution is -2.54. The number of benzene rings is 3. The molecule has 3 aromatic carbocycles. The smallest absolute Gasteiger partial charge is 0.329 e. The maximum absolute atomic E-state index is 13.5. The summed E-state index contributed by atoms with van der Waals surface area (Å²) in [5, 5.41) is 8.32. The number of esters is 1. The molecule has 3 amide bonds. The molecule has 43 heavy (non-hydrogen) atoms. The van der Waals surface area contributed by atoms with Crippen LogP contribution >= 0.6 is 0 Å². The summed E-state index contributed by atoms with van der Waals surface area (Å²) in [6.07, 6.45) is 0.565. The lowest BCUT2D eigenvalue weighted by atomic mass is 10.0. The van der Waals surface area contributed by atoms with Crippen LogP contribution in [-0.2, 0) is 27.4 Å². The molecular formula is C34H43N3O6. The van der Waals surface area contributed by atoms with Crippen LogP contribution in [0, 0.1) is 5.92 Å². The van der Waals surface area contributed by atoms with E-state index in [4.69, 9.17) is 14.2 Å². The number of hydrogen-bond donors (Lipinski definition) is 3. The topological polar surface area (TPSA) is 115 Å². The Morgan fingerprint density at radius 1 is 0.791 bits per heavy atom. The van der Waals surface area contributed by atoms with Crippen LogP contribution in [0.3, 0.4) is 0 Å². The number of ether oxygens (including phenoxy) is 3. The molecule has 0 saturated heterocycles. The molecule has 0 heterocycles. The Balaban J connectivity index is 1.70. The first-order chi connectivity index (χ1) is 20.4. The summed E-state index contributed by atoms with van der Waals surface area (Å²) in [6.45, 7) is 9.66. The normalized spacial score (nSPS) is 12.5. The van der Waals surface area contributed by atoms with Crippen molar-refractivity contribution in [3.8, 4) is 11.5 Å². The van der Waals surface area contributed by atoms with E-state index in [2.05, 4.69) is 16.0 Å². The lowest BCUT2D eigenvalue weighted by molar-refractivity contribution is -0.158. The van der Waals surface area contributed by atoms with Crippen LogP contribution in [0.5, 0.6) is 11.5 Å². The number of carbonyl (C=O) groups excluding carboxylic acids is 3. The van der Waals surface area contributed by atoms with E-state index in [1.807, 2.05) is 68.4 Å². The molecule has 230 valence electrons. The van der Waals surface area contributed by atoms with Crippen molar-refractivity contribution in [2.24, 2.45) is 5.92 Å². The highest BCUT2D eigenvalue weighted by Crippen LogP contribution is 2.19. The van der Waals surface area contributed by atoms with Gasteiger partial charge in [-0.1, -0.05) is 62.4 Å². The molecule has 0 aliphatic heterocycles. The van der Waals surface area contributed by atoms with Crippen molar-refractivity contribution in [2.45, 2.75) is 71.8 Å². The quantitative estimate of drug-likeness (QED) is 0.215. The fraction of sp³-hybridized carbons (Fsp3) is 0.382. The maximum Gasteiger partial charge on any atom is 0.329 e. The number of rotatable bonds is 13. The van der Waals surface area contributed by atoms with Crippen LogP contribution in [0.2, 0.25) is 0 Å². The molecule has 0 aliphatic rings. The molecular weight excluding hydrogens is 546 g/mol. The number of nitrogens with one attached hydrogen (secondary N) is 3. The zero-order valence-electron chi connectivity index (χ0n) is 25.8. The Hall–Kier alpha value is -4.53. The first-order valence-corrected chi connectivity index (χ1v) is 14.4. The minimum atomic E-state index is -0.972. The molecule has 2 atom stereocenters. The fourth-order valence-corrected chi connectivity index (χ4v) is 4.27. The molecule has 3 rings (SSSR count). The average molecular weight is 590 g/mol. The van der Waals surface area contributed by atoms with Crippen molar-refractivity contribution < 1.29 is 28.6 Å². The van der Waals surface area contributed by atoms with Gasteiger partial charge in [0.1, 0.15) is 35.8 Å². The number of carbonyl (C=O) groups is 3. The Morgan fingerprint density at radius 3 is 2.12 bits per heavy atom. The van der Waals surface area contributed by atoms with Gasteiger partial charge in [0.2, 0.25) is 5.91 Å². The zero-order chi connectivity index (χ0) is 31.4. The molecule has 0 aliphatic carbocycles. The SMILES string of the molecule is COc1cccc(NC(=O)NC(CC(C)C)C(=O)NC(Cc2ccc(OCc3ccccc3)cc2)C(=O)OC(C)(C)C)c1. The van der Waals surface area contributed by atoms with E-state index < -0.39 is 35.6 Å². The van der Waals surface area contributed by atoms with Crippen molar-refractivity contribution in [2.75, 3.05) is 12.4 Å². The molecule has 0 fully saturated rings. The second-order valence-electron chi connectivity index (χ2n) is 11.7. The second kappa shape index (κ2) is 15.6. The lowest BCUT2D eigenvalue weighted by Gasteiger charge is -2.27. The van der Waals surface area contributed by atoms with E-state index in [9.17, 15) is 14.4 Å². The maximum atomic E-state index is 13.5. The van der Waals surface area contributed by atoms with E-state index in [-0.39, 0.29) is 12.3 Å². The van der Waals surface area contributed by atoms with Gasteiger partial charge in [-0.2, -0.15) is 0 Å². The van der Waals surface area contributed by atoms with E-state index >= 15 is 0 Å². The summed E-state index contributed by atoms with van der Waals surface area (Å²) in [4.78, 5) is 39.6. The Bertz CT molecular complexity index is 1340. The van der Waals surface area contributed by atoms with Crippen LogP contribution < -0.4 is 25.4 Å². The molecule has 3 N–H and O–H groups in total. The molecule has 2 unspecified atom stereocenters. The molecule has 0 bridgehead atoms. The first-order valence-electron chi connectivity index (χ1n) is 14.4. The third-order valence-electron chi connectivity index (χ3n) is 6.28. The van der Waals surface area contributed by atoms with Crippen molar-refractivity contribution in [1.82, 2.24) is 10.6 Å². The molecule has 0 radical (unpaired) electrons. The van der Waals surface area contributed by atoms with Gasteiger partial charge in [-0.15, -0.1) is 0 Å². The second-order valence-corrected chi connectivity index (χ2v) is 11.7. The van der Waals surface area contributed by atoms with Gasteiger partial charge >= 0.3 is 12.0 Å². The Kier molecular flexibility index (Phi) is 12.0. The molecule has 3 aromatic rings. The Morgan fingerprint density at radius 2 is 1.49 bits per heavy atom. The minimum Gasteiger partial charge on any atom is -0.497 e. The van der Waals surface area contributed by atoms with Crippen molar-refractivity contribution in [3.05, 3.63) is 90.0 Å². The summed E-state index contributed by atoms with van der Waals surface area (Å²) in [7, 11) is 1.54. The number of hydrogen-bond acceptors (Lipinski definition) is 6. The third-order valence-corrected chi connectivity index (χ3v) is 6.28. The number of methoxy groups -OCH3 is 1. The highest BCUT2D eigenvalue weighted by Gasteiger charge is 2.30. The van der Waals surface area contributed by atoms with Crippen LogP contribution in [0.4, 0.5) is 10.5 Å². The summed E-state index contributed by atoms with van der Waals surface area (Å²) in [5.41, 5.74) is 1.64. The van der Waals surface area contributed by atoms with Gasteiger partial charge in [0.05, 0.1) is 7.11 Å². The molecule has 0 saturated carbocycles. The standard InChI is InChI=1S/C34H43N3O6/c1-23(2)19-29(37-33(40)35-26-13-10-14-28(21-26)41-6)31(38)36-30(32(39)43-34(3,4)5)20-24-15-17-27(18-16-24)42-22-25-11-8-7-9-12-25/h7-18,21,23,29-30H,19-20,22H2,1-6H3,(H,36,38)(H2,35,37,40).